The Morgan fingerprint density at radius 2 is 2.04 bits per heavy atom. The van der Waals surface area contributed by atoms with Gasteiger partial charge < -0.3 is 14.2 Å². The molecular formula is C19H20O5. The zero-order valence-corrected chi connectivity index (χ0v) is 14.2. The Balaban J connectivity index is 1.97. The van der Waals surface area contributed by atoms with Crippen LogP contribution in [-0.2, 0) is 25.5 Å². The standard InChI is InChI=1S/C19H20O5/c1-9-7-15-13-8-12-10(2)14(22-3)6-5-11(12)16(13)19(9,17(20)23-4)18(21)24-15/h5-7,13,15-16H,8H2,1-4H3/t13-,15-,16?,19?/m1/s1. The van der Waals surface area contributed by atoms with Crippen molar-refractivity contribution in [2.75, 3.05) is 14.2 Å². The van der Waals surface area contributed by atoms with Crippen molar-refractivity contribution in [1.29, 1.82) is 0 Å². The predicted octanol–water partition coefficient (Wildman–Crippen LogP) is 2.30. The molecule has 5 rings (SSSR count). The lowest BCUT2D eigenvalue weighted by molar-refractivity contribution is -0.186. The molecule has 5 heteroatoms. The molecule has 5 nitrogen and oxygen atoms in total. The van der Waals surface area contributed by atoms with Crippen LogP contribution in [0.2, 0.25) is 0 Å². The van der Waals surface area contributed by atoms with Crippen LogP contribution >= 0.6 is 0 Å². The molecule has 126 valence electrons. The normalized spacial score (nSPS) is 32.6. The minimum atomic E-state index is -1.36. The molecule has 1 aromatic rings. The van der Waals surface area contributed by atoms with Crippen LogP contribution in [0.3, 0.4) is 0 Å². The summed E-state index contributed by atoms with van der Waals surface area (Å²) in [4.78, 5) is 25.5. The molecule has 24 heavy (non-hydrogen) atoms. The van der Waals surface area contributed by atoms with Gasteiger partial charge in [0.1, 0.15) is 11.9 Å². The van der Waals surface area contributed by atoms with Crippen LogP contribution in [0.4, 0.5) is 0 Å². The summed E-state index contributed by atoms with van der Waals surface area (Å²) < 4.78 is 16.0. The topological polar surface area (TPSA) is 61.8 Å². The lowest BCUT2D eigenvalue weighted by Gasteiger charge is -2.49. The van der Waals surface area contributed by atoms with Gasteiger partial charge in [0.05, 0.1) is 14.2 Å². The summed E-state index contributed by atoms with van der Waals surface area (Å²) in [6, 6.07) is 3.89. The summed E-state index contributed by atoms with van der Waals surface area (Å²) >= 11 is 0. The van der Waals surface area contributed by atoms with E-state index in [-0.39, 0.29) is 17.9 Å². The van der Waals surface area contributed by atoms with Gasteiger partial charge in [-0.05, 0) is 54.7 Å². The van der Waals surface area contributed by atoms with Gasteiger partial charge in [-0.3, -0.25) is 9.59 Å². The number of hydrogen-bond acceptors (Lipinski definition) is 5. The minimum Gasteiger partial charge on any atom is -0.496 e. The zero-order valence-electron chi connectivity index (χ0n) is 14.2. The fourth-order valence-corrected chi connectivity index (χ4v) is 4.89. The Labute approximate surface area is 140 Å². The number of esters is 2. The minimum absolute atomic E-state index is 0.0614. The molecule has 2 bridgehead atoms. The van der Waals surface area contributed by atoms with Gasteiger partial charge in [0.2, 0.25) is 0 Å². The van der Waals surface area contributed by atoms with Gasteiger partial charge in [0, 0.05) is 11.8 Å². The first kappa shape index (κ1) is 15.2. The lowest BCUT2D eigenvalue weighted by atomic mass is 9.58. The smallest absolute Gasteiger partial charge is 0.328 e. The quantitative estimate of drug-likeness (QED) is 0.474. The fraction of sp³-hybridized carbons (Fsp3) is 0.474. The van der Waals surface area contributed by atoms with Crippen molar-refractivity contribution in [2.24, 2.45) is 11.3 Å². The van der Waals surface area contributed by atoms with E-state index in [1.165, 1.54) is 7.11 Å². The highest BCUT2D eigenvalue weighted by molar-refractivity contribution is 6.06. The number of carbonyl (C=O) groups is 2. The van der Waals surface area contributed by atoms with Crippen molar-refractivity contribution >= 4 is 11.9 Å². The Morgan fingerprint density at radius 1 is 1.29 bits per heavy atom. The summed E-state index contributed by atoms with van der Waals surface area (Å²) in [5, 5.41) is 0. The van der Waals surface area contributed by atoms with Gasteiger partial charge in [-0.25, -0.2) is 0 Å². The van der Waals surface area contributed by atoms with Gasteiger partial charge >= 0.3 is 11.9 Å². The van der Waals surface area contributed by atoms with Crippen LogP contribution in [0.15, 0.2) is 23.8 Å². The van der Waals surface area contributed by atoms with Gasteiger partial charge in [-0.1, -0.05) is 6.07 Å². The maximum atomic E-state index is 12.8. The lowest BCUT2D eigenvalue weighted by Crippen LogP contribution is -2.58. The summed E-state index contributed by atoms with van der Waals surface area (Å²) in [6.45, 7) is 3.85. The first-order valence-corrected chi connectivity index (χ1v) is 8.11. The molecule has 2 unspecified atom stereocenters. The largest absolute Gasteiger partial charge is 0.496 e. The molecule has 1 fully saturated rings. The molecule has 2 aliphatic carbocycles. The number of fused-ring (bicyclic) bond motifs is 2. The number of ether oxygens (including phenoxy) is 3. The van der Waals surface area contributed by atoms with E-state index >= 15 is 0 Å². The van der Waals surface area contributed by atoms with Crippen LogP contribution in [0.5, 0.6) is 5.75 Å². The van der Waals surface area contributed by atoms with Gasteiger partial charge in [-0.2, -0.15) is 0 Å². The highest BCUT2D eigenvalue weighted by Crippen LogP contribution is 2.61. The number of hydrogen-bond donors (Lipinski definition) is 0. The molecule has 1 saturated heterocycles. The molecular weight excluding hydrogens is 308 g/mol. The predicted molar refractivity (Wildman–Crippen MR) is 85.8 cm³/mol. The van der Waals surface area contributed by atoms with Crippen molar-refractivity contribution in [3.05, 3.63) is 40.5 Å². The van der Waals surface area contributed by atoms with Gasteiger partial charge in [0.15, 0.2) is 5.41 Å². The third kappa shape index (κ3) is 1.55. The van der Waals surface area contributed by atoms with E-state index in [0.29, 0.717) is 0 Å². The van der Waals surface area contributed by atoms with Crippen LogP contribution < -0.4 is 4.74 Å². The zero-order chi connectivity index (χ0) is 17.2. The maximum absolute atomic E-state index is 12.8. The molecule has 0 aromatic heterocycles. The van der Waals surface area contributed by atoms with E-state index in [2.05, 4.69) is 0 Å². The average Bonchev–Trinajstić information content (AvgIpc) is 2.97. The van der Waals surface area contributed by atoms with Crippen molar-refractivity contribution in [1.82, 2.24) is 0 Å². The second-order valence-electron chi connectivity index (χ2n) is 6.83. The molecule has 4 atom stereocenters. The van der Waals surface area contributed by atoms with Crippen molar-refractivity contribution in [3.8, 4) is 5.75 Å². The average molecular weight is 328 g/mol. The molecule has 0 radical (unpaired) electrons. The van der Waals surface area contributed by atoms with E-state index in [4.69, 9.17) is 14.2 Å². The van der Waals surface area contributed by atoms with Crippen LogP contribution in [0, 0.1) is 18.3 Å². The van der Waals surface area contributed by atoms with E-state index in [9.17, 15) is 9.59 Å². The van der Waals surface area contributed by atoms with Crippen molar-refractivity contribution < 1.29 is 23.8 Å². The third-order valence-electron chi connectivity index (χ3n) is 6.01. The Bertz CT molecular complexity index is 793. The van der Waals surface area contributed by atoms with Crippen LogP contribution in [-0.4, -0.2) is 32.3 Å². The van der Waals surface area contributed by atoms with Crippen LogP contribution in [0.1, 0.15) is 29.5 Å². The summed E-state index contributed by atoms with van der Waals surface area (Å²) in [5.74, 6) is -0.367. The highest BCUT2D eigenvalue weighted by Gasteiger charge is 2.68. The van der Waals surface area contributed by atoms with Crippen molar-refractivity contribution in [3.63, 3.8) is 0 Å². The summed E-state index contributed by atoms with van der Waals surface area (Å²) in [7, 11) is 2.97. The molecule has 0 spiro atoms. The summed E-state index contributed by atoms with van der Waals surface area (Å²) in [6.07, 6.45) is 2.40. The molecule has 4 aliphatic rings. The second-order valence-corrected chi connectivity index (χ2v) is 6.83. The van der Waals surface area contributed by atoms with E-state index in [0.717, 1.165) is 34.4 Å². The molecule has 1 aromatic carbocycles. The fourth-order valence-electron chi connectivity index (χ4n) is 4.89. The first-order valence-electron chi connectivity index (χ1n) is 8.11. The van der Waals surface area contributed by atoms with E-state index in [1.54, 1.807) is 7.11 Å². The van der Waals surface area contributed by atoms with Crippen LogP contribution in [0.25, 0.3) is 0 Å². The Hall–Kier alpha value is -2.30. The number of carbonyl (C=O) groups excluding carboxylic acids is 2. The van der Waals surface area contributed by atoms with E-state index < -0.39 is 17.4 Å². The molecule has 0 saturated carbocycles. The molecule has 2 aliphatic heterocycles. The van der Waals surface area contributed by atoms with Gasteiger partial charge in [0.25, 0.3) is 0 Å². The first-order chi connectivity index (χ1) is 11.5. The summed E-state index contributed by atoms with van der Waals surface area (Å²) in [5.41, 5.74) is 2.63. The molecule has 2 heterocycles. The Morgan fingerprint density at radius 3 is 2.67 bits per heavy atom. The number of methoxy groups -OCH3 is 2. The highest BCUT2D eigenvalue weighted by atomic mass is 16.6. The van der Waals surface area contributed by atoms with Crippen molar-refractivity contribution in [2.45, 2.75) is 32.3 Å². The SMILES string of the molecule is COC(=O)C12C(=O)O[C@H](C=C1C)[C@H]1Cc3c(ccc(OC)c3C)C12. The number of benzene rings is 1. The monoisotopic (exact) mass is 328 g/mol. The molecule has 0 amide bonds. The third-order valence-corrected chi connectivity index (χ3v) is 6.01. The number of rotatable bonds is 2. The second kappa shape index (κ2) is 4.85. The van der Waals surface area contributed by atoms with E-state index in [1.807, 2.05) is 32.1 Å². The molecule has 0 N–H and O–H groups in total. The maximum Gasteiger partial charge on any atom is 0.328 e. The Kier molecular flexibility index (Phi) is 3.08. The van der Waals surface area contributed by atoms with Gasteiger partial charge in [-0.15, -0.1) is 0 Å².